The molecule has 0 saturated carbocycles. The van der Waals surface area contributed by atoms with E-state index in [2.05, 4.69) is 10.3 Å². The summed E-state index contributed by atoms with van der Waals surface area (Å²) >= 11 is 7.33. The second-order valence-corrected chi connectivity index (χ2v) is 4.47. The highest BCUT2D eigenvalue weighted by Crippen LogP contribution is 2.29. The number of aromatic nitrogens is 1. The summed E-state index contributed by atoms with van der Waals surface area (Å²) in [7, 11) is 0. The van der Waals surface area contributed by atoms with Gasteiger partial charge in [0.25, 0.3) is 0 Å². The molecule has 0 saturated heterocycles. The number of anilines is 3. The first kappa shape index (κ1) is 10.7. The molecule has 4 nitrogen and oxygen atoms in total. The van der Waals surface area contributed by atoms with Gasteiger partial charge in [-0.2, -0.15) is 5.26 Å². The Morgan fingerprint density at radius 1 is 1.50 bits per heavy atom. The van der Waals surface area contributed by atoms with Crippen LogP contribution in [0.15, 0.2) is 24.4 Å². The van der Waals surface area contributed by atoms with E-state index < -0.39 is 0 Å². The summed E-state index contributed by atoms with van der Waals surface area (Å²) in [5.74, 6) is 0. The summed E-state index contributed by atoms with van der Waals surface area (Å²) in [6.07, 6.45) is 1.57. The van der Waals surface area contributed by atoms with Crippen molar-refractivity contribution < 1.29 is 0 Å². The number of hydrogen-bond donors (Lipinski definition) is 2. The first-order chi connectivity index (χ1) is 7.69. The Hall–Kier alpha value is -1.77. The zero-order valence-electron chi connectivity index (χ0n) is 8.07. The molecule has 0 fully saturated rings. The van der Waals surface area contributed by atoms with Gasteiger partial charge in [-0.05, 0) is 18.2 Å². The number of nitrogen functional groups attached to an aromatic ring is 1. The van der Waals surface area contributed by atoms with Gasteiger partial charge in [-0.25, -0.2) is 4.98 Å². The van der Waals surface area contributed by atoms with Gasteiger partial charge in [0.1, 0.15) is 5.00 Å². The molecule has 2 aromatic rings. The summed E-state index contributed by atoms with van der Waals surface area (Å²) in [6, 6.07) is 7.04. The van der Waals surface area contributed by atoms with Crippen molar-refractivity contribution in [1.29, 1.82) is 5.26 Å². The van der Waals surface area contributed by atoms with E-state index in [-0.39, 0.29) is 0 Å². The van der Waals surface area contributed by atoms with Crippen molar-refractivity contribution in [2.75, 3.05) is 11.1 Å². The number of nitrogens with zero attached hydrogens (tertiary/aromatic N) is 2. The van der Waals surface area contributed by atoms with Crippen LogP contribution in [0.4, 0.5) is 15.8 Å². The molecule has 0 radical (unpaired) electrons. The monoisotopic (exact) mass is 250 g/mol. The highest BCUT2D eigenvalue weighted by molar-refractivity contribution is 7.19. The van der Waals surface area contributed by atoms with Crippen molar-refractivity contribution in [3.8, 4) is 6.07 Å². The molecule has 1 heterocycles. The van der Waals surface area contributed by atoms with Crippen LogP contribution in [0.5, 0.6) is 0 Å². The highest BCUT2D eigenvalue weighted by Gasteiger charge is 2.04. The Balaban J connectivity index is 2.26. The zero-order valence-corrected chi connectivity index (χ0v) is 9.64. The van der Waals surface area contributed by atoms with Gasteiger partial charge < -0.3 is 11.1 Å². The predicted molar refractivity (Wildman–Crippen MR) is 66.0 cm³/mol. The zero-order chi connectivity index (χ0) is 11.5. The molecule has 3 N–H and O–H groups in total. The standard InChI is InChI=1S/C10H7ClN4S/c11-7-3-6(4-12)1-2-8(7)15-10-14-5-9(13)16-10/h1-3,5H,13H2,(H,14,15). The molecule has 0 aliphatic carbocycles. The fraction of sp³-hybridized carbons (Fsp3) is 0. The number of hydrogen-bond acceptors (Lipinski definition) is 5. The van der Waals surface area contributed by atoms with E-state index in [9.17, 15) is 0 Å². The minimum absolute atomic E-state index is 0.479. The van der Waals surface area contributed by atoms with Crippen LogP contribution in [0.1, 0.15) is 5.56 Å². The van der Waals surface area contributed by atoms with Gasteiger partial charge in [-0.15, -0.1) is 0 Å². The minimum Gasteiger partial charge on any atom is -0.389 e. The van der Waals surface area contributed by atoms with Crippen molar-refractivity contribution in [1.82, 2.24) is 4.98 Å². The summed E-state index contributed by atoms with van der Waals surface area (Å²) in [5.41, 5.74) is 6.78. The summed E-state index contributed by atoms with van der Waals surface area (Å²) in [4.78, 5) is 4.05. The van der Waals surface area contributed by atoms with Gasteiger partial charge in [-0.3, -0.25) is 0 Å². The highest BCUT2D eigenvalue weighted by atomic mass is 35.5. The lowest BCUT2D eigenvalue weighted by molar-refractivity contribution is 1.39. The van der Waals surface area contributed by atoms with Crippen LogP contribution in [0, 0.1) is 11.3 Å². The minimum atomic E-state index is 0.479. The molecule has 16 heavy (non-hydrogen) atoms. The van der Waals surface area contributed by atoms with E-state index in [0.29, 0.717) is 26.4 Å². The molecule has 0 amide bonds. The summed E-state index contributed by atoms with van der Waals surface area (Å²) in [6.45, 7) is 0. The molecule has 6 heteroatoms. The van der Waals surface area contributed by atoms with Crippen LogP contribution in [0.25, 0.3) is 0 Å². The Kier molecular flexibility index (Phi) is 2.95. The molecule has 0 atom stereocenters. The van der Waals surface area contributed by atoms with Crippen LogP contribution in [-0.4, -0.2) is 4.98 Å². The number of thiazole rings is 1. The molecule has 1 aromatic carbocycles. The third-order valence-corrected chi connectivity index (χ3v) is 2.92. The van der Waals surface area contributed by atoms with Crippen LogP contribution in [-0.2, 0) is 0 Å². The molecule has 0 aliphatic heterocycles. The average molecular weight is 251 g/mol. The van der Waals surface area contributed by atoms with Crippen molar-refractivity contribution in [2.24, 2.45) is 0 Å². The third kappa shape index (κ3) is 2.24. The Labute approximate surface area is 101 Å². The van der Waals surface area contributed by atoms with Crippen molar-refractivity contribution in [3.05, 3.63) is 35.0 Å². The Morgan fingerprint density at radius 2 is 2.31 bits per heavy atom. The molecular weight excluding hydrogens is 244 g/mol. The van der Waals surface area contributed by atoms with Crippen LogP contribution < -0.4 is 11.1 Å². The second-order valence-electron chi connectivity index (χ2n) is 3.00. The normalized spacial score (nSPS) is 9.75. The molecular formula is C10H7ClN4S. The third-order valence-electron chi connectivity index (χ3n) is 1.86. The van der Waals surface area contributed by atoms with Crippen LogP contribution in [0.3, 0.4) is 0 Å². The van der Waals surface area contributed by atoms with E-state index in [4.69, 9.17) is 22.6 Å². The van der Waals surface area contributed by atoms with E-state index in [1.54, 1.807) is 24.4 Å². The van der Waals surface area contributed by atoms with Crippen molar-refractivity contribution in [3.63, 3.8) is 0 Å². The number of benzene rings is 1. The predicted octanol–water partition coefficient (Wildman–Crippen LogP) is 2.99. The second kappa shape index (κ2) is 4.39. The number of nitrogens with one attached hydrogen (secondary N) is 1. The maximum Gasteiger partial charge on any atom is 0.189 e. The number of nitriles is 1. The van der Waals surface area contributed by atoms with Gasteiger partial charge in [0.2, 0.25) is 0 Å². The molecule has 80 valence electrons. The fourth-order valence-electron chi connectivity index (χ4n) is 1.15. The van der Waals surface area contributed by atoms with Crippen LogP contribution in [0.2, 0.25) is 5.02 Å². The van der Waals surface area contributed by atoms with Gasteiger partial charge in [0.15, 0.2) is 5.13 Å². The molecule has 0 unspecified atom stereocenters. The lowest BCUT2D eigenvalue weighted by Crippen LogP contribution is -1.90. The average Bonchev–Trinajstić information content (AvgIpc) is 2.67. The topological polar surface area (TPSA) is 74.7 Å². The number of rotatable bonds is 2. The van der Waals surface area contributed by atoms with Crippen LogP contribution >= 0.6 is 22.9 Å². The summed E-state index contributed by atoms with van der Waals surface area (Å²) in [5, 5.41) is 13.5. The maximum absolute atomic E-state index is 8.69. The molecule has 1 aromatic heterocycles. The fourth-order valence-corrected chi connectivity index (χ4v) is 1.97. The lowest BCUT2D eigenvalue weighted by Gasteiger charge is -2.04. The molecule has 0 spiro atoms. The van der Waals surface area contributed by atoms with E-state index in [1.165, 1.54) is 11.3 Å². The van der Waals surface area contributed by atoms with Gasteiger partial charge in [0, 0.05) is 0 Å². The van der Waals surface area contributed by atoms with Gasteiger partial charge in [0.05, 0.1) is 28.5 Å². The molecule has 0 bridgehead atoms. The SMILES string of the molecule is N#Cc1ccc(Nc2ncc(N)s2)c(Cl)c1. The maximum atomic E-state index is 8.69. The van der Waals surface area contributed by atoms with Crippen molar-refractivity contribution >= 4 is 38.8 Å². The largest absolute Gasteiger partial charge is 0.389 e. The van der Waals surface area contributed by atoms with Gasteiger partial charge >= 0.3 is 0 Å². The van der Waals surface area contributed by atoms with E-state index >= 15 is 0 Å². The summed E-state index contributed by atoms with van der Waals surface area (Å²) < 4.78 is 0. The Bertz CT molecular complexity index is 558. The smallest absolute Gasteiger partial charge is 0.189 e. The van der Waals surface area contributed by atoms with E-state index in [0.717, 1.165) is 0 Å². The lowest BCUT2D eigenvalue weighted by atomic mass is 10.2. The first-order valence-corrected chi connectivity index (χ1v) is 5.56. The Morgan fingerprint density at radius 3 is 2.88 bits per heavy atom. The van der Waals surface area contributed by atoms with Crippen molar-refractivity contribution in [2.45, 2.75) is 0 Å². The molecule has 2 rings (SSSR count). The van der Waals surface area contributed by atoms with E-state index in [1.807, 2.05) is 6.07 Å². The quantitative estimate of drug-likeness (QED) is 0.859. The number of halogens is 1. The van der Waals surface area contributed by atoms with Gasteiger partial charge in [-0.1, -0.05) is 22.9 Å². The first-order valence-electron chi connectivity index (χ1n) is 4.37. The number of nitrogens with two attached hydrogens (primary N) is 1. The molecule has 0 aliphatic rings.